The van der Waals surface area contributed by atoms with Gasteiger partial charge in [-0.2, -0.15) is 11.8 Å². The Morgan fingerprint density at radius 1 is 1.40 bits per heavy atom. The van der Waals surface area contributed by atoms with Crippen molar-refractivity contribution in [2.75, 3.05) is 23.8 Å². The molecule has 20 heavy (non-hydrogen) atoms. The molecule has 2 N–H and O–H groups in total. The van der Waals surface area contributed by atoms with Crippen LogP contribution < -0.4 is 10.5 Å². The van der Waals surface area contributed by atoms with Gasteiger partial charge in [0.05, 0.1) is 12.1 Å². The first-order valence-electron chi connectivity index (χ1n) is 7.28. The number of hydrogen-bond acceptors (Lipinski definition) is 4. The van der Waals surface area contributed by atoms with E-state index in [1.165, 1.54) is 24.3 Å². The van der Waals surface area contributed by atoms with Crippen LogP contribution in [0.5, 0.6) is 5.75 Å². The third-order valence-corrected chi connectivity index (χ3v) is 4.78. The van der Waals surface area contributed by atoms with E-state index >= 15 is 0 Å². The summed E-state index contributed by atoms with van der Waals surface area (Å²) in [5.41, 5.74) is 8.18. The van der Waals surface area contributed by atoms with Gasteiger partial charge in [0.25, 0.3) is 0 Å². The molecule has 0 saturated carbocycles. The lowest BCUT2D eigenvalue weighted by Crippen LogP contribution is -2.17. The molecule has 0 amide bonds. The van der Waals surface area contributed by atoms with E-state index in [1.54, 1.807) is 0 Å². The summed E-state index contributed by atoms with van der Waals surface area (Å²) in [5, 5.41) is 0. The van der Waals surface area contributed by atoms with Gasteiger partial charge in [-0.05, 0) is 42.9 Å². The van der Waals surface area contributed by atoms with Gasteiger partial charge in [-0.1, -0.05) is 13.0 Å². The van der Waals surface area contributed by atoms with Gasteiger partial charge in [-0.15, -0.1) is 0 Å². The number of aromatic nitrogens is 2. The summed E-state index contributed by atoms with van der Waals surface area (Å²) in [6.45, 7) is 2.82. The minimum Gasteiger partial charge on any atom is -0.491 e. The van der Waals surface area contributed by atoms with Gasteiger partial charge in [0.2, 0.25) is 5.95 Å². The third kappa shape index (κ3) is 2.46. The van der Waals surface area contributed by atoms with E-state index in [9.17, 15) is 0 Å². The molecule has 1 aromatic carbocycles. The summed E-state index contributed by atoms with van der Waals surface area (Å²) < 4.78 is 7.99. The molecule has 2 heterocycles. The van der Waals surface area contributed by atoms with Crippen molar-refractivity contribution in [1.29, 1.82) is 0 Å². The largest absolute Gasteiger partial charge is 0.491 e. The number of imidazole rings is 1. The molecular weight excluding hydrogens is 270 g/mol. The number of thioether (sulfide) groups is 1. The highest BCUT2D eigenvalue weighted by Crippen LogP contribution is 2.35. The molecule has 108 valence electrons. The molecule has 0 atom stereocenters. The Hall–Kier alpha value is -1.36. The first-order valence-corrected chi connectivity index (χ1v) is 8.43. The molecule has 0 aliphatic carbocycles. The SMILES string of the molecule is CCCOc1cccc2c1nc(N)n2C1CCSCC1. The van der Waals surface area contributed by atoms with Crippen LogP contribution in [0.15, 0.2) is 18.2 Å². The number of ether oxygens (including phenoxy) is 1. The predicted octanol–water partition coefficient (Wildman–Crippen LogP) is 3.48. The average Bonchev–Trinajstić information content (AvgIpc) is 2.82. The highest BCUT2D eigenvalue weighted by Gasteiger charge is 2.21. The fourth-order valence-corrected chi connectivity index (χ4v) is 3.85. The van der Waals surface area contributed by atoms with Crippen molar-refractivity contribution >= 4 is 28.7 Å². The van der Waals surface area contributed by atoms with Crippen LogP contribution in [-0.4, -0.2) is 27.7 Å². The standard InChI is InChI=1S/C15H21N3OS/c1-2-8-19-13-5-3-4-12-14(13)17-15(16)18(12)11-6-9-20-10-7-11/h3-5,11H,2,6-10H2,1H3,(H2,16,17). The van der Waals surface area contributed by atoms with Crippen LogP contribution in [0, 0.1) is 0 Å². The number of fused-ring (bicyclic) bond motifs is 1. The maximum absolute atomic E-state index is 6.17. The fourth-order valence-electron chi connectivity index (χ4n) is 2.76. The molecule has 1 aromatic heterocycles. The average molecular weight is 291 g/mol. The number of nitrogens with zero attached hydrogens (tertiary/aromatic N) is 2. The molecular formula is C15H21N3OS. The van der Waals surface area contributed by atoms with Crippen LogP contribution in [0.2, 0.25) is 0 Å². The quantitative estimate of drug-likeness (QED) is 0.937. The zero-order chi connectivity index (χ0) is 13.9. The van der Waals surface area contributed by atoms with Crippen LogP contribution in [0.25, 0.3) is 11.0 Å². The Balaban J connectivity index is 2.02. The molecule has 2 aromatic rings. The zero-order valence-corrected chi connectivity index (χ0v) is 12.7. The van der Waals surface area contributed by atoms with Gasteiger partial charge in [-0.3, -0.25) is 0 Å². The van der Waals surface area contributed by atoms with Gasteiger partial charge < -0.3 is 15.0 Å². The lowest BCUT2D eigenvalue weighted by atomic mass is 10.1. The predicted molar refractivity (Wildman–Crippen MR) is 85.5 cm³/mol. The summed E-state index contributed by atoms with van der Waals surface area (Å²) in [6, 6.07) is 6.58. The van der Waals surface area contributed by atoms with Crippen LogP contribution in [0.3, 0.4) is 0 Å². The smallest absolute Gasteiger partial charge is 0.201 e. The summed E-state index contributed by atoms with van der Waals surface area (Å²) in [7, 11) is 0. The second kappa shape index (κ2) is 5.95. The molecule has 1 aliphatic rings. The zero-order valence-electron chi connectivity index (χ0n) is 11.8. The van der Waals surface area contributed by atoms with Crippen molar-refractivity contribution < 1.29 is 4.74 Å². The van der Waals surface area contributed by atoms with Crippen LogP contribution in [0.4, 0.5) is 5.95 Å². The van der Waals surface area contributed by atoms with Crippen molar-refractivity contribution in [3.8, 4) is 5.75 Å². The number of benzene rings is 1. The van der Waals surface area contributed by atoms with E-state index in [1.807, 2.05) is 23.9 Å². The van der Waals surface area contributed by atoms with E-state index in [0.717, 1.165) is 23.2 Å². The second-order valence-corrected chi connectivity index (χ2v) is 6.38. The van der Waals surface area contributed by atoms with Crippen molar-refractivity contribution in [3.05, 3.63) is 18.2 Å². The maximum atomic E-state index is 6.17. The lowest BCUT2D eigenvalue weighted by Gasteiger charge is -2.24. The molecule has 0 radical (unpaired) electrons. The summed E-state index contributed by atoms with van der Waals surface area (Å²) >= 11 is 2.02. The molecule has 0 bridgehead atoms. The second-order valence-electron chi connectivity index (χ2n) is 5.16. The molecule has 1 fully saturated rings. The Morgan fingerprint density at radius 2 is 2.20 bits per heavy atom. The van der Waals surface area contributed by atoms with Gasteiger partial charge >= 0.3 is 0 Å². The number of anilines is 1. The van der Waals surface area contributed by atoms with Gasteiger partial charge in [0, 0.05) is 6.04 Å². The topological polar surface area (TPSA) is 53.1 Å². The van der Waals surface area contributed by atoms with Gasteiger partial charge in [0.15, 0.2) is 0 Å². The first-order chi connectivity index (χ1) is 9.81. The maximum Gasteiger partial charge on any atom is 0.201 e. The molecule has 1 saturated heterocycles. The number of rotatable bonds is 4. The van der Waals surface area contributed by atoms with Crippen molar-refractivity contribution in [1.82, 2.24) is 9.55 Å². The Bertz CT molecular complexity index is 590. The lowest BCUT2D eigenvalue weighted by molar-refractivity contribution is 0.320. The van der Waals surface area contributed by atoms with E-state index in [-0.39, 0.29) is 0 Å². The highest BCUT2D eigenvalue weighted by molar-refractivity contribution is 7.99. The number of nitrogen functional groups attached to an aromatic ring is 1. The molecule has 4 nitrogen and oxygen atoms in total. The normalized spacial score (nSPS) is 16.6. The molecule has 1 aliphatic heterocycles. The van der Waals surface area contributed by atoms with Gasteiger partial charge in [-0.25, -0.2) is 4.98 Å². The van der Waals surface area contributed by atoms with Crippen LogP contribution >= 0.6 is 11.8 Å². The molecule has 0 spiro atoms. The summed E-state index contributed by atoms with van der Waals surface area (Å²) in [5.74, 6) is 3.87. The number of nitrogens with two attached hydrogens (primary N) is 1. The number of para-hydroxylation sites is 1. The molecule has 0 unspecified atom stereocenters. The Kier molecular flexibility index (Phi) is 4.05. The number of hydrogen-bond donors (Lipinski definition) is 1. The van der Waals surface area contributed by atoms with E-state index < -0.39 is 0 Å². The molecule has 5 heteroatoms. The summed E-state index contributed by atoms with van der Waals surface area (Å²) in [6.07, 6.45) is 3.33. The Labute approximate surface area is 123 Å². The first kappa shape index (κ1) is 13.6. The van der Waals surface area contributed by atoms with Crippen LogP contribution in [0.1, 0.15) is 32.2 Å². The fraction of sp³-hybridized carbons (Fsp3) is 0.533. The van der Waals surface area contributed by atoms with Crippen molar-refractivity contribution in [2.24, 2.45) is 0 Å². The van der Waals surface area contributed by atoms with Gasteiger partial charge in [0.1, 0.15) is 11.3 Å². The van der Waals surface area contributed by atoms with Crippen molar-refractivity contribution in [3.63, 3.8) is 0 Å². The van der Waals surface area contributed by atoms with E-state index in [4.69, 9.17) is 10.5 Å². The monoisotopic (exact) mass is 291 g/mol. The minimum atomic E-state index is 0.475. The highest BCUT2D eigenvalue weighted by atomic mass is 32.2. The Morgan fingerprint density at radius 3 is 2.95 bits per heavy atom. The van der Waals surface area contributed by atoms with E-state index in [2.05, 4.69) is 22.5 Å². The van der Waals surface area contributed by atoms with Crippen molar-refractivity contribution in [2.45, 2.75) is 32.2 Å². The summed E-state index contributed by atoms with van der Waals surface area (Å²) in [4.78, 5) is 4.55. The van der Waals surface area contributed by atoms with E-state index in [0.29, 0.717) is 18.6 Å². The molecule has 3 rings (SSSR count). The van der Waals surface area contributed by atoms with Crippen LogP contribution in [-0.2, 0) is 0 Å². The third-order valence-electron chi connectivity index (χ3n) is 3.73. The minimum absolute atomic E-state index is 0.475.